The minimum atomic E-state index is 0.0554. The molecule has 1 unspecified atom stereocenters. The molecule has 1 atom stereocenters. The van der Waals surface area contributed by atoms with E-state index in [1.807, 2.05) is 19.1 Å². The summed E-state index contributed by atoms with van der Waals surface area (Å²) in [6.45, 7) is 7.33. The van der Waals surface area contributed by atoms with Crippen molar-refractivity contribution in [2.24, 2.45) is 0 Å². The second kappa shape index (κ2) is 7.63. The molecule has 2 aliphatic rings. The van der Waals surface area contributed by atoms with E-state index in [0.29, 0.717) is 12.6 Å². The molecule has 3 aromatic carbocycles. The Labute approximate surface area is 191 Å². The van der Waals surface area contributed by atoms with E-state index in [4.69, 9.17) is 4.74 Å². The standard InChI is InChI=1S/C28H31N3O/c1-6-32-25-13-9-12-24-27(25)29-21-18-19(14-16-23(21)30(24)4)15-17-26-28(2,3)20-10-7-8-11-22(20)31(26)5/h7-18,26,29H,6H2,1-5H3/b17-15+. The van der Waals surface area contributed by atoms with Gasteiger partial charge in [0, 0.05) is 25.2 Å². The predicted molar refractivity (Wildman–Crippen MR) is 136 cm³/mol. The van der Waals surface area contributed by atoms with Gasteiger partial charge in [0.05, 0.1) is 29.7 Å². The maximum atomic E-state index is 5.87. The van der Waals surface area contributed by atoms with Crippen LogP contribution in [0, 0.1) is 0 Å². The Balaban J connectivity index is 1.45. The van der Waals surface area contributed by atoms with E-state index in [1.54, 1.807) is 0 Å². The van der Waals surface area contributed by atoms with Gasteiger partial charge < -0.3 is 19.9 Å². The van der Waals surface area contributed by atoms with Crippen molar-refractivity contribution in [3.05, 3.63) is 77.9 Å². The predicted octanol–water partition coefficient (Wildman–Crippen LogP) is 6.72. The molecule has 0 fully saturated rings. The van der Waals surface area contributed by atoms with Crippen LogP contribution in [-0.4, -0.2) is 26.7 Å². The number of anilines is 5. The Morgan fingerprint density at radius 2 is 1.75 bits per heavy atom. The van der Waals surface area contributed by atoms with E-state index in [0.717, 1.165) is 28.5 Å². The van der Waals surface area contributed by atoms with E-state index in [-0.39, 0.29) is 5.41 Å². The SMILES string of the molecule is CCOc1cccc2c1Nc1cc(/C=C/C3N(C)c4ccccc4C3(C)C)ccc1N2C. The Morgan fingerprint density at radius 3 is 2.53 bits per heavy atom. The van der Waals surface area contributed by atoms with E-state index in [1.165, 1.54) is 16.8 Å². The van der Waals surface area contributed by atoms with Crippen molar-refractivity contribution in [1.82, 2.24) is 0 Å². The van der Waals surface area contributed by atoms with Crippen LogP contribution in [0.5, 0.6) is 5.75 Å². The molecular formula is C28H31N3O. The molecule has 0 aromatic heterocycles. The van der Waals surface area contributed by atoms with Crippen molar-refractivity contribution in [2.75, 3.05) is 35.8 Å². The Morgan fingerprint density at radius 1 is 0.969 bits per heavy atom. The number of hydrogen-bond acceptors (Lipinski definition) is 4. The molecule has 0 spiro atoms. The average molecular weight is 426 g/mol. The van der Waals surface area contributed by atoms with Gasteiger partial charge in [-0.3, -0.25) is 0 Å². The smallest absolute Gasteiger partial charge is 0.144 e. The normalized spacial score (nSPS) is 18.2. The lowest BCUT2D eigenvalue weighted by molar-refractivity contribution is 0.342. The zero-order chi connectivity index (χ0) is 22.5. The maximum Gasteiger partial charge on any atom is 0.144 e. The van der Waals surface area contributed by atoms with Gasteiger partial charge in [-0.25, -0.2) is 0 Å². The molecule has 5 rings (SSSR count). The Kier molecular flexibility index (Phi) is 4.89. The van der Waals surface area contributed by atoms with Crippen LogP contribution in [0.1, 0.15) is 31.9 Å². The van der Waals surface area contributed by atoms with E-state index in [9.17, 15) is 0 Å². The minimum Gasteiger partial charge on any atom is -0.492 e. The number of benzene rings is 3. The average Bonchev–Trinajstić information content (AvgIpc) is 2.98. The van der Waals surface area contributed by atoms with Crippen molar-refractivity contribution in [1.29, 1.82) is 0 Å². The zero-order valence-electron chi connectivity index (χ0n) is 19.5. The zero-order valence-corrected chi connectivity index (χ0v) is 19.5. The molecule has 0 radical (unpaired) electrons. The number of nitrogens with one attached hydrogen (secondary N) is 1. The fourth-order valence-electron chi connectivity index (χ4n) is 5.21. The highest BCUT2D eigenvalue weighted by atomic mass is 16.5. The van der Waals surface area contributed by atoms with E-state index in [2.05, 4.69) is 104 Å². The largest absolute Gasteiger partial charge is 0.492 e. The first-order valence-electron chi connectivity index (χ1n) is 11.3. The lowest BCUT2D eigenvalue weighted by Gasteiger charge is -2.32. The fraction of sp³-hybridized carbons (Fsp3) is 0.286. The van der Waals surface area contributed by atoms with Crippen LogP contribution >= 0.6 is 0 Å². The van der Waals surface area contributed by atoms with Gasteiger partial charge in [-0.2, -0.15) is 0 Å². The van der Waals surface area contributed by atoms with Crippen LogP contribution in [-0.2, 0) is 5.41 Å². The molecule has 2 heterocycles. The second-order valence-corrected chi connectivity index (χ2v) is 9.20. The van der Waals surface area contributed by atoms with Gasteiger partial charge in [-0.1, -0.05) is 56.3 Å². The van der Waals surface area contributed by atoms with Crippen LogP contribution in [0.25, 0.3) is 6.08 Å². The summed E-state index contributed by atoms with van der Waals surface area (Å²) >= 11 is 0. The summed E-state index contributed by atoms with van der Waals surface area (Å²) in [6, 6.07) is 21.8. The lowest BCUT2D eigenvalue weighted by Crippen LogP contribution is -2.37. The molecule has 164 valence electrons. The third kappa shape index (κ3) is 3.13. The summed E-state index contributed by atoms with van der Waals surface area (Å²) in [6.07, 6.45) is 4.59. The first-order valence-corrected chi connectivity index (χ1v) is 11.3. The maximum absolute atomic E-state index is 5.87. The fourth-order valence-corrected chi connectivity index (χ4v) is 5.21. The van der Waals surface area contributed by atoms with Crippen LogP contribution in [0.2, 0.25) is 0 Å². The summed E-state index contributed by atoms with van der Waals surface area (Å²) in [7, 11) is 4.30. The second-order valence-electron chi connectivity index (χ2n) is 9.20. The van der Waals surface area contributed by atoms with Crippen LogP contribution in [0.4, 0.5) is 28.4 Å². The Hall–Kier alpha value is -3.40. The van der Waals surface area contributed by atoms with Crippen LogP contribution in [0.3, 0.4) is 0 Å². The van der Waals surface area contributed by atoms with Gasteiger partial charge in [0.25, 0.3) is 0 Å². The lowest BCUT2D eigenvalue weighted by atomic mass is 9.80. The number of nitrogens with zero attached hydrogens (tertiary/aromatic N) is 2. The summed E-state index contributed by atoms with van der Waals surface area (Å²) < 4.78 is 5.87. The number of para-hydroxylation sites is 2. The van der Waals surface area contributed by atoms with Crippen molar-refractivity contribution < 1.29 is 4.74 Å². The van der Waals surface area contributed by atoms with Crippen molar-refractivity contribution in [3.63, 3.8) is 0 Å². The van der Waals surface area contributed by atoms with Crippen LogP contribution in [0.15, 0.2) is 66.7 Å². The molecule has 0 saturated heterocycles. The van der Waals surface area contributed by atoms with Gasteiger partial charge in [-0.15, -0.1) is 0 Å². The van der Waals surface area contributed by atoms with Gasteiger partial charge in [0.15, 0.2) is 0 Å². The highest BCUT2D eigenvalue weighted by Gasteiger charge is 2.41. The van der Waals surface area contributed by atoms with Crippen molar-refractivity contribution >= 4 is 34.5 Å². The third-order valence-corrected chi connectivity index (χ3v) is 6.91. The molecule has 2 aliphatic heterocycles. The molecular weight excluding hydrogens is 394 g/mol. The van der Waals surface area contributed by atoms with Gasteiger partial charge >= 0.3 is 0 Å². The summed E-state index contributed by atoms with van der Waals surface area (Å²) in [5.41, 5.74) is 8.37. The number of ether oxygens (including phenoxy) is 1. The van der Waals surface area contributed by atoms with Gasteiger partial charge in [0.2, 0.25) is 0 Å². The minimum absolute atomic E-state index is 0.0554. The summed E-state index contributed by atoms with van der Waals surface area (Å²) in [5.74, 6) is 0.885. The van der Waals surface area contributed by atoms with Gasteiger partial charge in [0.1, 0.15) is 11.4 Å². The first-order chi connectivity index (χ1) is 15.4. The molecule has 1 N–H and O–H groups in total. The van der Waals surface area contributed by atoms with Crippen molar-refractivity contribution in [3.8, 4) is 5.75 Å². The molecule has 0 bridgehead atoms. The van der Waals surface area contributed by atoms with Crippen molar-refractivity contribution in [2.45, 2.75) is 32.2 Å². The van der Waals surface area contributed by atoms with Gasteiger partial charge in [-0.05, 0) is 48.4 Å². The molecule has 3 aromatic rings. The van der Waals surface area contributed by atoms with E-state index < -0.39 is 0 Å². The topological polar surface area (TPSA) is 27.7 Å². The van der Waals surface area contributed by atoms with Crippen LogP contribution < -0.4 is 19.9 Å². The highest BCUT2D eigenvalue weighted by molar-refractivity contribution is 5.94. The number of rotatable bonds is 4. The summed E-state index contributed by atoms with van der Waals surface area (Å²) in [4.78, 5) is 4.61. The number of fused-ring (bicyclic) bond motifs is 3. The molecule has 32 heavy (non-hydrogen) atoms. The molecule has 0 aliphatic carbocycles. The summed E-state index contributed by atoms with van der Waals surface area (Å²) in [5, 5.41) is 3.62. The third-order valence-electron chi connectivity index (χ3n) is 6.91. The first kappa shape index (κ1) is 20.5. The molecule has 4 nitrogen and oxygen atoms in total. The molecule has 4 heteroatoms. The molecule has 0 saturated carbocycles. The monoisotopic (exact) mass is 425 g/mol. The Bertz CT molecular complexity index is 1200. The number of likely N-dealkylation sites (N-methyl/N-ethyl adjacent to an activating group) is 1. The molecule has 0 amide bonds. The van der Waals surface area contributed by atoms with E-state index >= 15 is 0 Å². The highest BCUT2D eigenvalue weighted by Crippen LogP contribution is 2.48. The number of hydrogen-bond donors (Lipinski definition) is 1. The quantitative estimate of drug-likeness (QED) is 0.502.